The van der Waals surface area contributed by atoms with Gasteiger partial charge < -0.3 is 14.6 Å². The molecule has 0 spiro atoms. The highest BCUT2D eigenvalue weighted by molar-refractivity contribution is 8.07. The number of hydrogen-bond acceptors (Lipinski definition) is 7. The van der Waals surface area contributed by atoms with Crippen molar-refractivity contribution in [2.24, 2.45) is 0 Å². The summed E-state index contributed by atoms with van der Waals surface area (Å²) >= 11 is 1.33. The van der Waals surface area contributed by atoms with Crippen LogP contribution in [-0.4, -0.2) is 43.1 Å². The van der Waals surface area contributed by atoms with Crippen molar-refractivity contribution in [3.8, 4) is 28.4 Å². The lowest BCUT2D eigenvalue weighted by Gasteiger charge is -2.11. The molecule has 11 heteroatoms. The Kier molecular flexibility index (Phi) is 9.95. The van der Waals surface area contributed by atoms with Crippen LogP contribution in [0, 0.1) is 0 Å². The molecule has 4 rings (SSSR count). The predicted octanol–water partition coefficient (Wildman–Crippen LogP) is 6.35. The van der Waals surface area contributed by atoms with Gasteiger partial charge in [-0.25, -0.2) is 0 Å². The first-order chi connectivity index (χ1) is 19.8. The van der Waals surface area contributed by atoms with Gasteiger partial charge in [0, 0.05) is 29.1 Å². The number of aryl methyl sites for hydroxylation is 1. The molecule has 0 saturated carbocycles. The van der Waals surface area contributed by atoms with Crippen molar-refractivity contribution >= 4 is 37.9 Å². The highest BCUT2D eigenvalue weighted by Crippen LogP contribution is 2.38. The third-order valence-corrected chi connectivity index (χ3v) is 8.81. The molecule has 2 aromatic carbocycles. The van der Waals surface area contributed by atoms with Crippen LogP contribution in [0.1, 0.15) is 54.0 Å². The first-order valence-electron chi connectivity index (χ1n) is 13.5. The van der Waals surface area contributed by atoms with Crippen molar-refractivity contribution in [2.45, 2.75) is 46.1 Å². The molecular formula is C30H34N4O5S2. The van der Waals surface area contributed by atoms with Gasteiger partial charge >= 0.3 is 15.3 Å². The number of carbonyl (C=O) groups is 2. The van der Waals surface area contributed by atoms with E-state index >= 15 is 0 Å². The Morgan fingerprint density at radius 1 is 1.05 bits per heavy atom. The molecule has 0 radical (unpaired) electrons. The van der Waals surface area contributed by atoms with Gasteiger partial charge in [0.25, 0.3) is 0 Å². The molecule has 216 valence electrons. The van der Waals surface area contributed by atoms with E-state index in [4.69, 9.17) is 4.74 Å². The molecule has 2 heterocycles. The number of aldehydes is 1. The second-order valence-electron chi connectivity index (χ2n) is 9.48. The number of thiophene rings is 1. The fourth-order valence-corrected chi connectivity index (χ4v) is 6.65. The largest absolute Gasteiger partial charge is 0.479 e. The zero-order valence-electron chi connectivity index (χ0n) is 23.3. The van der Waals surface area contributed by atoms with Crippen molar-refractivity contribution in [2.75, 3.05) is 18.4 Å². The molecule has 2 aromatic heterocycles. The van der Waals surface area contributed by atoms with Gasteiger partial charge in [0.15, 0.2) is 6.29 Å². The molecule has 41 heavy (non-hydrogen) atoms. The number of nitrogens with one attached hydrogen (secondary N) is 2. The number of rotatable bonds is 13. The number of nitrogens with zero attached hydrogens (tertiary/aromatic N) is 2. The van der Waals surface area contributed by atoms with E-state index in [0.29, 0.717) is 41.6 Å². The summed E-state index contributed by atoms with van der Waals surface area (Å²) in [6.45, 7) is 4.70. The van der Waals surface area contributed by atoms with Gasteiger partial charge in [-0.3, -0.25) is 14.3 Å². The Morgan fingerprint density at radius 2 is 1.78 bits per heavy atom. The monoisotopic (exact) mass is 594 g/mol. The minimum absolute atomic E-state index is 0.257. The van der Waals surface area contributed by atoms with Crippen LogP contribution in [-0.2, 0) is 23.0 Å². The average molecular weight is 595 g/mol. The van der Waals surface area contributed by atoms with Crippen molar-refractivity contribution in [3.05, 3.63) is 76.8 Å². The van der Waals surface area contributed by atoms with Gasteiger partial charge in [0.05, 0.1) is 7.11 Å². The van der Waals surface area contributed by atoms with E-state index in [2.05, 4.69) is 21.9 Å². The summed E-state index contributed by atoms with van der Waals surface area (Å²) in [5.41, 5.74) is 3.62. The fourth-order valence-electron chi connectivity index (χ4n) is 4.38. The zero-order chi connectivity index (χ0) is 29.4. The van der Waals surface area contributed by atoms with Crippen molar-refractivity contribution in [1.29, 1.82) is 0 Å². The maximum atomic E-state index is 12.8. The number of anilines is 1. The van der Waals surface area contributed by atoms with Gasteiger partial charge in [-0.05, 0) is 30.0 Å². The van der Waals surface area contributed by atoms with Gasteiger partial charge in [0.1, 0.15) is 16.5 Å². The standard InChI is InChI=1S/C30H34N4O5S2/c1-4-6-17-31-30(36)41(37,38)33-29-25(18-24(40-29)10-5-2)22-15-13-21(14-16-22)19-34-26(20-35)28(39-3)32-27(34)23-11-8-7-9-12-23/h7-9,11-16,18,20,33H,4-6,10,17,19H2,1-3H3,(H,31,36). The van der Waals surface area contributed by atoms with E-state index in [1.54, 1.807) is 0 Å². The topological polar surface area (TPSA) is 119 Å². The number of imidazole rings is 1. The lowest BCUT2D eigenvalue weighted by molar-refractivity contribution is 0.111. The Hall–Kier alpha value is -3.96. The maximum absolute atomic E-state index is 12.8. The SMILES string of the molecule is CCCCNC(=O)S(=O)(=O)Nc1sc(CCC)cc1-c1ccc(Cn2c(-c3ccccc3)nc(OC)c2C=O)cc1. The summed E-state index contributed by atoms with van der Waals surface area (Å²) in [6.07, 6.45) is 3.98. The molecule has 0 saturated heterocycles. The minimum Gasteiger partial charge on any atom is -0.479 e. The molecule has 0 atom stereocenters. The van der Waals surface area contributed by atoms with Crippen LogP contribution >= 0.6 is 11.3 Å². The molecule has 9 nitrogen and oxygen atoms in total. The summed E-state index contributed by atoms with van der Waals surface area (Å²) in [4.78, 5) is 29.9. The number of aromatic nitrogens is 2. The van der Waals surface area contributed by atoms with Crippen LogP contribution < -0.4 is 14.8 Å². The number of hydrogen-bond donors (Lipinski definition) is 2. The summed E-state index contributed by atoms with van der Waals surface area (Å²) in [7, 11) is -2.77. The Morgan fingerprint density at radius 3 is 2.41 bits per heavy atom. The van der Waals surface area contributed by atoms with Gasteiger partial charge in [-0.2, -0.15) is 13.4 Å². The van der Waals surface area contributed by atoms with E-state index in [0.717, 1.165) is 47.1 Å². The first kappa shape index (κ1) is 30.0. The van der Waals surface area contributed by atoms with Crippen LogP contribution in [0.4, 0.5) is 9.80 Å². The van der Waals surface area contributed by atoms with E-state index in [-0.39, 0.29) is 5.88 Å². The number of unbranched alkanes of at least 4 members (excludes halogenated alkanes) is 1. The number of sulfonamides is 1. The Bertz CT molecular complexity index is 1590. The van der Waals surface area contributed by atoms with E-state index in [9.17, 15) is 18.0 Å². The van der Waals surface area contributed by atoms with E-state index in [1.165, 1.54) is 18.4 Å². The van der Waals surface area contributed by atoms with Crippen molar-refractivity contribution < 1.29 is 22.7 Å². The van der Waals surface area contributed by atoms with Crippen LogP contribution in [0.2, 0.25) is 0 Å². The lowest BCUT2D eigenvalue weighted by atomic mass is 10.0. The molecule has 0 fully saturated rings. The van der Waals surface area contributed by atoms with Crippen LogP contribution in [0.15, 0.2) is 60.7 Å². The minimum atomic E-state index is -4.26. The molecular weight excluding hydrogens is 560 g/mol. The normalized spacial score (nSPS) is 11.3. The summed E-state index contributed by atoms with van der Waals surface area (Å²) in [6, 6.07) is 19.2. The van der Waals surface area contributed by atoms with Gasteiger partial charge in [-0.15, -0.1) is 11.3 Å². The molecule has 0 aliphatic rings. The Labute approximate surface area is 244 Å². The Balaban J connectivity index is 1.63. The van der Waals surface area contributed by atoms with E-state index in [1.807, 2.05) is 72.2 Å². The quantitative estimate of drug-likeness (QED) is 0.137. The number of benzene rings is 2. The van der Waals surface area contributed by atoms with Crippen LogP contribution in [0.3, 0.4) is 0 Å². The van der Waals surface area contributed by atoms with Crippen molar-refractivity contribution in [3.63, 3.8) is 0 Å². The molecule has 0 bridgehead atoms. The second-order valence-corrected chi connectivity index (χ2v) is 12.2. The second kappa shape index (κ2) is 13.6. The summed E-state index contributed by atoms with van der Waals surface area (Å²) in [5.74, 6) is 0.873. The van der Waals surface area contributed by atoms with Crippen LogP contribution in [0.25, 0.3) is 22.5 Å². The molecule has 0 unspecified atom stereocenters. The summed E-state index contributed by atoms with van der Waals surface area (Å²) < 4.78 is 35.2. The maximum Gasteiger partial charge on any atom is 0.357 e. The molecule has 2 N–H and O–H groups in total. The first-order valence-corrected chi connectivity index (χ1v) is 15.8. The number of methoxy groups -OCH3 is 1. The molecule has 4 aromatic rings. The molecule has 0 aliphatic carbocycles. The number of ether oxygens (including phenoxy) is 1. The van der Waals surface area contributed by atoms with Gasteiger partial charge in [0.2, 0.25) is 5.88 Å². The van der Waals surface area contributed by atoms with Crippen molar-refractivity contribution in [1.82, 2.24) is 14.9 Å². The van der Waals surface area contributed by atoms with Gasteiger partial charge in [-0.1, -0.05) is 81.3 Å². The average Bonchev–Trinajstić information content (AvgIpc) is 3.54. The highest BCUT2D eigenvalue weighted by Gasteiger charge is 2.25. The third-order valence-electron chi connectivity index (χ3n) is 6.47. The fraction of sp³-hybridized carbons (Fsp3) is 0.300. The number of amides is 1. The smallest absolute Gasteiger partial charge is 0.357 e. The lowest BCUT2D eigenvalue weighted by Crippen LogP contribution is -2.34. The predicted molar refractivity (Wildman–Crippen MR) is 163 cm³/mol. The third kappa shape index (κ3) is 7.04. The zero-order valence-corrected chi connectivity index (χ0v) is 25.0. The van der Waals surface area contributed by atoms with E-state index < -0.39 is 15.3 Å². The highest BCUT2D eigenvalue weighted by atomic mass is 32.2. The molecule has 1 amide bonds. The molecule has 0 aliphatic heterocycles. The number of carbonyl (C=O) groups excluding carboxylic acids is 2. The van der Waals surface area contributed by atoms with Crippen LogP contribution in [0.5, 0.6) is 5.88 Å². The summed E-state index contributed by atoms with van der Waals surface area (Å²) in [5, 5.41) is 1.84.